The third-order valence-electron chi connectivity index (χ3n) is 4.77. The van der Waals surface area contributed by atoms with Gasteiger partial charge in [0.05, 0.1) is 12.7 Å². The number of hydrogen-bond donors (Lipinski definition) is 2. The lowest BCUT2D eigenvalue weighted by molar-refractivity contribution is -0.141. The van der Waals surface area contributed by atoms with Crippen molar-refractivity contribution >= 4 is 12.1 Å². The van der Waals surface area contributed by atoms with E-state index in [4.69, 9.17) is 9.47 Å². The molecule has 2 aromatic rings. The summed E-state index contributed by atoms with van der Waals surface area (Å²) in [7, 11) is 0. The van der Waals surface area contributed by atoms with Crippen LogP contribution in [-0.4, -0.2) is 53.9 Å². The van der Waals surface area contributed by atoms with E-state index >= 15 is 0 Å². The van der Waals surface area contributed by atoms with E-state index in [-0.39, 0.29) is 19.1 Å². The van der Waals surface area contributed by atoms with Crippen molar-refractivity contribution in [3.63, 3.8) is 0 Å². The van der Waals surface area contributed by atoms with Crippen molar-refractivity contribution < 1.29 is 24.2 Å². The Morgan fingerprint density at radius 1 is 1.10 bits per heavy atom. The molecule has 0 aliphatic carbocycles. The monoisotopic (exact) mass is 398 g/mol. The first-order valence-corrected chi connectivity index (χ1v) is 9.68. The number of nitrogens with one attached hydrogen (secondary N) is 1. The Bertz CT molecular complexity index is 784. The molecule has 154 valence electrons. The van der Waals surface area contributed by atoms with Crippen LogP contribution in [0.4, 0.5) is 4.79 Å². The predicted molar refractivity (Wildman–Crippen MR) is 107 cm³/mol. The van der Waals surface area contributed by atoms with Gasteiger partial charge in [-0.1, -0.05) is 60.7 Å². The standard InChI is InChI=1S/C22H26N2O5/c25-21(26)20(23-22(27)29-16-18-9-5-2-6-10-18)13-19-15-24(11-12-28-19)14-17-7-3-1-4-8-17/h1-10,19-20H,11-16H2,(H,23,27)(H,25,26). The van der Waals surface area contributed by atoms with Crippen LogP contribution >= 0.6 is 0 Å². The molecule has 0 bridgehead atoms. The van der Waals surface area contributed by atoms with Gasteiger partial charge in [0, 0.05) is 26.1 Å². The van der Waals surface area contributed by atoms with Crippen LogP contribution in [0.25, 0.3) is 0 Å². The highest BCUT2D eigenvalue weighted by Crippen LogP contribution is 2.14. The second-order valence-corrected chi connectivity index (χ2v) is 7.05. The summed E-state index contributed by atoms with van der Waals surface area (Å²) in [5.41, 5.74) is 2.03. The Hall–Kier alpha value is -2.90. The Kier molecular flexibility index (Phi) is 7.61. The minimum Gasteiger partial charge on any atom is -0.480 e. The minimum atomic E-state index is -1.11. The van der Waals surface area contributed by atoms with Crippen molar-refractivity contribution in [2.75, 3.05) is 19.7 Å². The Balaban J connectivity index is 1.48. The molecule has 0 spiro atoms. The van der Waals surface area contributed by atoms with Crippen LogP contribution in [0.5, 0.6) is 0 Å². The zero-order valence-corrected chi connectivity index (χ0v) is 16.2. The van der Waals surface area contributed by atoms with Gasteiger partial charge in [-0.15, -0.1) is 0 Å². The van der Waals surface area contributed by atoms with Crippen molar-refractivity contribution in [3.8, 4) is 0 Å². The van der Waals surface area contributed by atoms with Crippen molar-refractivity contribution in [1.29, 1.82) is 0 Å². The molecule has 1 aliphatic heterocycles. The summed E-state index contributed by atoms with van der Waals surface area (Å²) in [5.74, 6) is -1.11. The molecule has 0 saturated carbocycles. The Morgan fingerprint density at radius 3 is 2.41 bits per heavy atom. The fraction of sp³-hybridized carbons (Fsp3) is 0.364. The van der Waals surface area contributed by atoms with Crippen LogP contribution in [0.3, 0.4) is 0 Å². The van der Waals surface area contributed by atoms with E-state index in [0.717, 1.165) is 18.7 Å². The van der Waals surface area contributed by atoms with Crippen molar-refractivity contribution in [1.82, 2.24) is 10.2 Å². The molecule has 0 radical (unpaired) electrons. The molecule has 2 atom stereocenters. The maximum absolute atomic E-state index is 12.0. The summed E-state index contributed by atoms with van der Waals surface area (Å²) in [6.45, 7) is 2.80. The molecule has 1 fully saturated rings. The average molecular weight is 398 g/mol. The lowest BCUT2D eigenvalue weighted by atomic mass is 10.1. The molecule has 1 aliphatic rings. The maximum Gasteiger partial charge on any atom is 0.408 e. The number of carbonyl (C=O) groups excluding carboxylic acids is 1. The lowest BCUT2D eigenvalue weighted by Crippen LogP contribution is -2.48. The first-order chi connectivity index (χ1) is 14.1. The van der Waals surface area contributed by atoms with E-state index in [2.05, 4.69) is 22.3 Å². The quantitative estimate of drug-likeness (QED) is 0.711. The van der Waals surface area contributed by atoms with E-state index in [1.54, 1.807) is 0 Å². The largest absolute Gasteiger partial charge is 0.480 e. The first-order valence-electron chi connectivity index (χ1n) is 9.68. The van der Waals surface area contributed by atoms with Gasteiger partial charge >= 0.3 is 12.1 Å². The number of carboxylic acid groups (broad SMARTS) is 1. The number of benzene rings is 2. The summed E-state index contributed by atoms with van der Waals surface area (Å²) >= 11 is 0. The fourth-order valence-corrected chi connectivity index (χ4v) is 3.30. The second-order valence-electron chi connectivity index (χ2n) is 7.05. The molecule has 1 heterocycles. The molecule has 1 saturated heterocycles. The molecule has 3 rings (SSSR count). The van der Waals surface area contributed by atoms with Gasteiger partial charge in [0.25, 0.3) is 0 Å². The van der Waals surface area contributed by atoms with Gasteiger partial charge in [-0.2, -0.15) is 0 Å². The van der Waals surface area contributed by atoms with Crippen molar-refractivity contribution in [2.24, 2.45) is 0 Å². The van der Waals surface area contributed by atoms with E-state index in [0.29, 0.717) is 13.2 Å². The molecule has 2 unspecified atom stereocenters. The molecule has 29 heavy (non-hydrogen) atoms. The summed E-state index contributed by atoms with van der Waals surface area (Å²) in [5, 5.41) is 11.9. The predicted octanol–water partition coefficient (Wildman–Crippen LogP) is 2.66. The smallest absolute Gasteiger partial charge is 0.408 e. The highest BCUT2D eigenvalue weighted by atomic mass is 16.5. The van der Waals surface area contributed by atoms with E-state index < -0.39 is 18.1 Å². The number of rotatable bonds is 8. The van der Waals surface area contributed by atoms with Crippen LogP contribution in [0, 0.1) is 0 Å². The Morgan fingerprint density at radius 2 is 1.76 bits per heavy atom. The van der Waals surface area contributed by atoms with Crippen LogP contribution in [0.2, 0.25) is 0 Å². The maximum atomic E-state index is 12.0. The van der Waals surface area contributed by atoms with Crippen LogP contribution in [0.1, 0.15) is 17.5 Å². The number of nitrogens with zero attached hydrogens (tertiary/aromatic N) is 1. The summed E-state index contributed by atoms with van der Waals surface area (Å²) in [6, 6.07) is 18.3. The zero-order valence-electron chi connectivity index (χ0n) is 16.2. The first kappa shape index (κ1) is 20.8. The van der Waals surface area contributed by atoms with Crippen molar-refractivity contribution in [2.45, 2.75) is 31.7 Å². The van der Waals surface area contributed by atoms with Crippen LogP contribution < -0.4 is 5.32 Å². The van der Waals surface area contributed by atoms with Crippen molar-refractivity contribution in [3.05, 3.63) is 71.8 Å². The second kappa shape index (κ2) is 10.6. The highest BCUT2D eigenvalue weighted by molar-refractivity contribution is 5.79. The topological polar surface area (TPSA) is 88.1 Å². The number of carbonyl (C=O) groups is 2. The molecule has 7 heteroatoms. The molecule has 7 nitrogen and oxygen atoms in total. The Labute approximate surface area is 170 Å². The van der Waals surface area contributed by atoms with Gasteiger partial charge in [-0.25, -0.2) is 9.59 Å². The number of amides is 1. The van der Waals surface area contributed by atoms with Gasteiger partial charge in [0.15, 0.2) is 0 Å². The fourth-order valence-electron chi connectivity index (χ4n) is 3.30. The number of morpholine rings is 1. The number of aliphatic carboxylic acids is 1. The molecule has 0 aromatic heterocycles. The molecular formula is C22H26N2O5. The molecular weight excluding hydrogens is 372 g/mol. The SMILES string of the molecule is O=C(NC(CC1CN(Cc2ccccc2)CCO1)C(=O)O)OCc1ccccc1. The molecule has 2 aromatic carbocycles. The van der Waals surface area contributed by atoms with Gasteiger partial charge in [0.1, 0.15) is 12.6 Å². The number of hydrogen-bond acceptors (Lipinski definition) is 5. The number of ether oxygens (including phenoxy) is 2. The van der Waals surface area contributed by atoms with Gasteiger partial charge < -0.3 is 19.9 Å². The third kappa shape index (κ3) is 6.89. The normalized spacial score (nSPS) is 18.0. The minimum absolute atomic E-state index is 0.0871. The third-order valence-corrected chi connectivity index (χ3v) is 4.77. The average Bonchev–Trinajstić information content (AvgIpc) is 2.73. The molecule has 2 N–H and O–H groups in total. The number of carboxylic acids is 1. The van der Waals surface area contributed by atoms with E-state index in [9.17, 15) is 14.7 Å². The van der Waals surface area contributed by atoms with Gasteiger partial charge in [-0.3, -0.25) is 4.90 Å². The number of alkyl carbamates (subject to hydrolysis) is 1. The zero-order chi connectivity index (χ0) is 20.5. The van der Waals surface area contributed by atoms with Gasteiger partial charge in [-0.05, 0) is 11.1 Å². The van der Waals surface area contributed by atoms with Crippen LogP contribution in [0.15, 0.2) is 60.7 Å². The summed E-state index contributed by atoms with van der Waals surface area (Å²) in [4.78, 5) is 25.9. The molecule has 1 amide bonds. The van der Waals surface area contributed by atoms with Gasteiger partial charge in [0.2, 0.25) is 0 Å². The van der Waals surface area contributed by atoms with E-state index in [1.807, 2.05) is 48.5 Å². The summed E-state index contributed by atoms with van der Waals surface area (Å²) in [6.07, 6.45) is -0.845. The van der Waals surface area contributed by atoms with E-state index in [1.165, 1.54) is 5.56 Å². The lowest BCUT2D eigenvalue weighted by Gasteiger charge is -2.34. The summed E-state index contributed by atoms with van der Waals surface area (Å²) < 4.78 is 10.9. The highest BCUT2D eigenvalue weighted by Gasteiger charge is 2.29. The van der Waals surface area contributed by atoms with Crippen LogP contribution in [-0.2, 0) is 27.4 Å².